The average molecular weight is 805 g/mol. The van der Waals surface area contributed by atoms with Crippen molar-refractivity contribution in [2.45, 2.75) is 0 Å². The Kier molecular flexibility index (Phi) is 8.83. The molecule has 0 aliphatic heterocycles. The molecule has 0 bridgehead atoms. The molecular formula is C60H40N2O. The van der Waals surface area contributed by atoms with Crippen molar-refractivity contribution in [1.82, 2.24) is 4.57 Å². The number of furan rings is 1. The first kappa shape index (κ1) is 36.5. The van der Waals surface area contributed by atoms with E-state index >= 15 is 0 Å². The van der Waals surface area contributed by atoms with E-state index in [-0.39, 0.29) is 0 Å². The summed E-state index contributed by atoms with van der Waals surface area (Å²) in [6.45, 7) is 0. The maximum absolute atomic E-state index is 6.44. The van der Waals surface area contributed by atoms with Gasteiger partial charge in [0, 0.05) is 49.9 Å². The lowest BCUT2D eigenvalue weighted by Gasteiger charge is -2.26. The quantitative estimate of drug-likeness (QED) is 0.153. The summed E-state index contributed by atoms with van der Waals surface area (Å²) in [5.41, 5.74) is 17.8. The summed E-state index contributed by atoms with van der Waals surface area (Å²) in [5, 5.41) is 4.79. The zero-order valence-electron chi connectivity index (χ0n) is 34.4. The molecule has 0 saturated heterocycles. The second-order valence-electron chi connectivity index (χ2n) is 16.1. The molecule has 3 nitrogen and oxygen atoms in total. The van der Waals surface area contributed by atoms with E-state index in [4.69, 9.17) is 4.42 Å². The van der Waals surface area contributed by atoms with Crippen molar-refractivity contribution in [2.24, 2.45) is 0 Å². The third-order valence-electron chi connectivity index (χ3n) is 12.4. The first-order chi connectivity index (χ1) is 31.2. The second kappa shape index (κ2) is 15.3. The van der Waals surface area contributed by atoms with Crippen LogP contribution < -0.4 is 4.90 Å². The number of hydrogen-bond donors (Lipinski definition) is 0. The van der Waals surface area contributed by atoms with Crippen LogP contribution in [0.25, 0.3) is 93.9 Å². The molecule has 0 fully saturated rings. The lowest BCUT2D eigenvalue weighted by atomic mass is 9.98. The molecule has 10 aromatic carbocycles. The first-order valence-electron chi connectivity index (χ1n) is 21.5. The van der Waals surface area contributed by atoms with Gasteiger partial charge in [0.15, 0.2) is 0 Å². The van der Waals surface area contributed by atoms with Gasteiger partial charge in [0.2, 0.25) is 0 Å². The molecule has 0 spiro atoms. The molecule has 0 atom stereocenters. The van der Waals surface area contributed by atoms with E-state index in [9.17, 15) is 0 Å². The van der Waals surface area contributed by atoms with Crippen LogP contribution >= 0.6 is 0 Å². The molecule has 296 valence electrons. The summed E-state index contributed by atoms with van der Waals surface area (Å²) < 4.78 is 8.82. The smallest absolute Gasteiger partial charge is 0.143 e. The van der Waals surface area contributed by atoms with Gasteiger partial charge in [0.05, 0.1) is 11.0 Å². The summed E-state index contributed by atoms with van der Waals surface area (Å²) in [7, 11) is 0. The Morgan fingerprint density at radius 2 is 0.794 bits per heavy atom. The van der Waals surface area contributed by atoms with Crippen LogP contribution in [-0.2, 0) is 0 Å². The van der Waals surface area contributed by atoms with Gasteiger partial charge >= 0.3 is 0 Å². The number of para-hydroxylation sites is 4. The van der Waals surface area contributed by atoms with Crippen LogP contribution in [-0.4, -0.2) is 4.57 Å². The molecule has 0 N–H and O–H groups in total. The van der Waals surface area contributed by atoms with E-state index in [1.165, 1.54) is 44.1 Å². The summed E-state index contributed by atoms with van der Waals surface area (Å²) in [5.74, 6) is 0. The molecule has 0 aliphatic rings. The lowest BCUT2D eigenvalue weighted by Crippen LogP contribution is -2.10. The Morgan fingerprint density at radius 3 is 1.49 bits per heavy atom. The highest BCUT2D eigenvalue weighted by Crippen LogP contribution is 2.41. The number of hydrogen-bond acceptors (Lipinski definition) is 2. The Balaban J connectivity index is 0.923. The Hall–Kier alpha value is -8.40. The second-order valence-corrected chi connectivity index (χ2v) is 16.1. The van der Waals surface area contributed by atoms with Crippen LogP contribution in [0.3, 0.4) is 0 Å². The van der Waals surface area contributed by atoms with Crippen molar-refractivity contribution >= 4 is 60.8 Å². The Morgan fingerprint density at radius 1 is 0.302 bits per heavy atom. The summed E-state index contributed by atoms with van der Waals surface area (Å²) in [4.78, 5) is 2.35. The lowest BCUT2D eigenvalue weighted by molar-refractivity contribution is 0.670. The third kappa shape index (κ3) is 6.46. The number of anilines is 3. The Bertz CT molecular complexity index is 3560. The van der Waals surface area contributed by atoms with Gasteiger partial charge in [-0.15, -0.1) is 0 Å². The molecule has 12 rings (SSSR count). The fourth-order valence-electron chi connectivity index (χ4n) is 9.37. The average Bonchev–Trinajstić information content (AvgIpc) is 3.91. The number of fused-ring (bicyclic) bond motifs is 6. The molecule has 63 heavy (non-hydrogen) atoms. The van der Waals surface area contributed by atoms with Crippen molar-refractivity contribution in [1.29, 1.82) is 0 Å². The predicted octanol–water partition coefficient (Wildman–Crippen LogP) is 16.8. The van der Waals surface area contributed by atoms with Crippen molar-refractivity contribution in [2.75, 3.05) is 4.90 Å². The van der Waals surface area contributed by atoms with Crippen molar-refractivity contribution in [3.8, 4) is 50.2 Å². The standard InChI is InChI=1S/C60H40N2O/c1-2-14-41(15-3-1)42-30-34-48(35-31-42)61(49-36-32-43(33-37-49)52-25-13-26-56-55-24-6-9-29-59(55)63-60(52)56)50-20-11-18-46(39-50)44-16-10-17-45(38-44)47-19-12-21-51(40-47)62-57-27-7-4-22-53(57)54-23-5-8-28-58(54)62/h1-40H. The van der Waals surface area contributed by atoms with Gasteiger partial charge in [-0.2, -0.15) is 0 Å². The van der Waals surface area contributed by atoms with Gasteiger partial charge in [-0.25, -0.2) is 0 Å². The van der Waals surface area contributed by atoms with E-state index in [0.717, 1.165) is 66.9 Å². The summed E-state index contributed by atoms with van der Waals surface area (Å²) in [6.07, 6.45) is 0. The minimum atomic E-state index is 0.903. The molecular weight excluding hydrogens is 765 g/mol. The zero-order chi connectivity index (χ0) is 41.7. The third-order valence-corrected chi connectivity index (χ3v) is 12.4. The molecule has 0 aliphatic carbocycles. The maximum Gasteiger partial charge on any atom is 0.143 e. The molecule has 3 heteroatoms. The largest absolute Gasteiger partial charge is 0.455 e. The van der Waals surface area contributed by atoms with E-state index in [2.05, 4.69) is 240 Å². The highest BCUT2D eigenvalue weighted by Gasteiger charge is 2.17. The number of nitrogens with zero attached hydrogens (tertiary/aromatic N) is 2. The van der Waals surface area contributed by atoms with E-state index in [1.54, 1.807) is 0 Å². The van der Waals surface area contributed by atoms with Gasteiger partial charge in [0.25, 0.3) is 0 Å². The van der Waals surface area contributed by atoms with Crippen LogP contribution in [0.2, 0.25) is 0 Å². The van der Waals surface area contributed by atoms with Gasteiger partial charge < -0.3 is 13.9 Å². The van der Waals surface area contributed by atoms with E-state index in [1.807, 2.05) is 12.1 Å². The fraction of sp³-hybridized carbons (Fsp3) is 0. The minimum Gasteiger partial charge on any atom is -0.455 e. The predicted molar refractivity (Wildman–Crippen MR) is 264 cm³/mol. The van der Waals surface area contributed by atoms with Gasteiger partial charge in [-0.3, -0.25) is 0 Å². The molecule has 12 aromatic rings. The van der Waals surface area contributed by atoms with E-state index < -0.39 is 0 Å². The Labute approximate surface area is 366 Å². The minimum absolute atomic E-state index is 0.903. The molecule has 0 amide bonds. The number of rotatable bonds is 8. The number of aromatic nitrogens is 1. The monoisotopic (exact) mass is 804 g/mol. The normalized spacial score (nSPS) is 11.5. The summed E-state index contributed by atoms with van der Waals surface area (Å²) >= 11 is 0. The highest BCUT2D eigenvalue weighted by molar-refractivity contribution is 6.10. The SMILES string of the molecule is c1ccc(-c2ccc(N(c3ccc(-c4cccc5c4oc4ccccc45)cc3)c3cccc(-c4cccc(-c5cccc(-n6c7ccccc7c7ccccc76)c5)c4)c3)cc2)cc1. The molecule has 0 radical (unpaired) electrons. The van der Waals surface area contributed by atoms with Gasteiger partial charge in [-0.05, 0) is 112 Å². The molecule has 2 aromatic heterocycles. The summed E-state index contributed by atoms with van der Waals surface area (Å²) in [6, 6.07) is 87.1. The first-order valence-corrected chi connectivity index (χ1v) is 21.5. The molecule has 0 unspecified atom stereocenters. The maximum atomic E-state index is 6.44. The molecule has 2 heterocycles. The zero-order valence-corrected chi connectivity index (χ0v) is 34.4. The van der Waals surface area contributed by atoms with Crippen LogP contribution in [0.4, 0.5) is 17.1 Å². The number of benzene rings is 10. The van der Waals surface area contributed by atoms with Crippen LogP contribution in [0.15, 0.2) is 247 Å². The van der Waals surface area contributed by atoms with Crippen LogP contribution in [0, 0.1) is 0 Å². The molecule has 0 saturated carbocycles. The van der Waals surface area contributed by atoms with Crippen molar-refractivity contribution in [3.05, 3.63) is 243 Å². The van der Waals surface area contributed by atoms with Crippen LogP contribution in [0.1, 0.15) is 0 Å². The fourth-order valence-corrected chi connectivity index (χ4v) is 9.37. The van der Waals surface area contributed by atoms with Crippen molar-refractivity contribution < 1.29 is 4.42 Å². The topological polar surface area (TPSA) is 21.3 Å². The van der Waals surface area contributed by atoms with E-state index in [0.29, 0.717) is 0 Å². The highest BCUT2D eigenvalue weighted by atomic mass is 16.3. The van der Waals surface area contributed by atoms with Crippen LogP contribution in [0.5, 0.6) is 0 Å². The van der Waals surface area contributed by atoms with Gasteiger partial charge in [0.1, 0.15) is 11.2 Å². The van der Waals surface area contributed by atoms with Gasteiger partial charge in [-0.1, -0.05) is 170 Å². The van der Waals surface area contributed by atoms with Crippen molar-refractivity contribution in [3.63, 3.8) is 0 Å².